The summed E-state index contributed by atoms with van der Waals surface area (Å²) in [5.74, 6) is -0.858. The number of morpholine rings is 1. The molecule has 0 radical (unpaired) electrons. The highest BCUT2D eigenvalue weighted by Crippen LogP contribution is 2.37. The zero-order valence-electron chi connectivity index (χ0n) is 31.1. The van der Waals surface area contributed by atoms with Crippen LogP contribution in [0.25, 0.3) is 0 Å². The molecule has 1 aromatic rings. The van der Waals surface area contributed by atoms with Crippen molar-refractivity contribution in [1.82, 2.24) is 25.5 Å². The standard InChI is InChI=1S/C35H58N6O9/c1-26(27(2)42)39(8)30(43)23-34(3,4)25-35(5,6)31(44)38-50-32(45)37-13-14-41(18-22-48-21-17-40-15-19-47-20-16-40)33(46)49-24-28-9-11-29(36-7)12-10-28/h9-12,26,36H,13-25H2,1-8H3,(H,37,45)(H,38,44)/t26-/m1/s1. The van der Waals surface area contributed by atoms with E-state index >= 15 is 0 Å². The summed E-state index contributed by atoms with van der Waals surface area (Å²) in [5, 5.41) is 5.58. The first-order valence-corrected chi connectivity index (χ1v) is 17.1. The fraction of sp³-hybridized carbons (Fsp3) is 0.686. The number of hydrogen-bond donors (Lipinski definition) is 3. The van der Waals surface area contributed by atoms with E-state index < -0.39 is 35.0 Å². The van der Waals surface area contributed by atoms with E-state index in [1.165, 1.54) is 16.7 Å². The SMILES string of the molecule is CNc1ccc(COC(=O)N(CCNC(=O)ONC(=O)C(C)(C)CC(C)(C)CC(=O)N(C)[C@H](C)C(C)=O)CCOCCN2CCOCC2)cc1. The molecular weight excluding hydrogens is 648 g/mol. The minimum Gasteiger partial charge on any atom is -0.445 e. The van der Waals surface area contributed by atoms with E-state index in [0.29, 0.717) is 26.2 Å². The molecule has 0 saturated carbocycles. The van der Waals surface area contributed by atoms with Gasteiger partial charge in [0.2, 0.25) is 5.91 Å². The zero-order chi connectivity index (χ0) is 37.3. The van der Waals surface area contributed by atoms with E-state index in [4.69, 9.17) is 19.0 Å². The highest BCUT2D eigenvalue weighted by molar-refractivity contribution is 5.87. The van der Waals surface area contributed by atoms with Crippen LogP contribution in [-0.4, -0.2) is 130 Å². The molecule has 2 rings (SSSR count). The molecule has 15 heteroatoms. The van der Waals surface area contributed by atoms with E-state index in [0.717, 1.165) is 30.9 Å². The van der Waals surface area contributed by atoms with Gasteiger partial charge < -0.3 is 39.5 Å². The van der Waals surface area contributed by atoms with Crippen molar-refractivity contribution in [3.8, 4) is 0 Å². The van der Waals surface area contributed by atoms with E-state index in [1.807, 2.05) is 45.2 Å². The quantitative estimate of drug-likeness (QED) is 0.143. The van der Waals surface area contributed by atoms with Crippen LogP contribution in [0.15, 0.2) is 24.3 Å². The van der Waals surface area contributed by atoms with Gasteiger partial charge in [0.15, 0.2) is 5.78 Å². The second-order valence-electron chi connectivity index (χ2n) is 14.0. The summed E-state index contributed by atoms with van der Waals surface area (Å²) in [4.78, 5) is 73.0. The third-order valence-corrected chi connectivity index (χ3v) is 8.64. The number of nitrogens with one attached hydrogen (secondary N) is 3. The second kappa shape index (κ2) is 20.7. The maximum absolute atomic E-state index is 13.0. The van der Waals surface area contributed by atoms with Gasteiger partial charge in [0.05, 0.1) is 32.5 Å². The molecule has 0 aliphatic carbocycles. The van der Waals surface area contributed by atoms with Crippen LogP contribution in [0.5, 0.6) is 0 Å². The summed E-state index contributed by atoms with van der Waals surface area (Å²) in [5.41, 5.74) is 2.38. The van der Waals surface area contributed by atoms with E-state index in [1.54, 1.807) is 27.8 Å². The average Bonchev–Trinajstić information content (AvgIpc) is 3.07. The molecule has 1 saturated heterocycles. The fourth-order valence-corrected chi connectivity index (χ4v) is 5.52. The number of Topliss-reactive ketones (excluding diaryl/α,β-unsaturated/α-hetero) is 1. The van der Waals surface area contributed by atoms with Crippen LogP contribution >= 0.6 is 0 Å². The number of carbonyl (C=O) groups excluding carboxylic acids is 5. The van der Waals surface area contributed by atoms with Crippen molar-refractivity contribution in [2.45, 2.75) is 67.0 Å². The van der Waals surface area contributed by atoms with Crippen molar-refractivity contribution < 1.29 is 43.0 Å². The third-order valence-electron chi connectivity index (χ3n) is 8.64. The van der Waals surface area contributed by atoms with Crippen LogP contribution in [0.2, 0.25) is 0 Å². The van der Waals surface area contributed by atoms with Crippen LogP contribution in [0.3, 0.4) is 0 Å². The van der Waals surface area contributed by atoms with Crippen molar-refractivity contribution >= 4 is 35.5 Å². The lowest BCUT2D eigenvalue weighted by molar-refractivity contribution is -0.142. The maximum atomic E-state index is 13.0. The molecule has 15 nitrogen and oxygen atoms in total. The van der Waals surface area contributed by atoms with Gasteiger partial charge in [-0.15, -0.1) is 0 Å². The summed E-state index contributed by atoms with van der Waals surface area (Å²) in [6.07, 6.45) is -1.04. The minimum atomic E-state index is -0.996. The van der Waals surface area contributed by atoms with Gasteiger partial charge in [-0.3, -0.25) is 19.3 Å². The summed E-state index contributed by atoms with van der Waals surface area (Å²) in [6.45, 7) is 15.4. The number of ether oxygens (including phenoxy) is 3. The Bertz CT molecular complexity index is 1250. The normalized spacial score (nSPS) is 14.2. The van der Waals surface area contributed by atoms with E-state index in [2.05, 4.69) is 21.0 Å². The Hall–Kier alpha value is -3.95. The molecule has 0 unspecified atom stereocenters. The number of hydroxylamine groups is 1. The lowest BCUT2D eigenvalue weighted by Crippen LogP contribution is -2.45. The number of amides is 4. The van der Waals surface area contributed by atoms with Crippen molar-refractivity contribution in [1.29, 1.82) is 0 Å². The highest BCUT2D eigenvalue weighted by atomic mass is 16.7. The van der Waals surface area contributed by atoms with Gasteiger partial charge in [0.25, 0.3) is 5.91 Å². The number of ketones is 1. The van der Waals surface area contributed by atoms with Crippen LogP contribution in [0.1, 0.15) is 59.9 Å². The molecule has 1 aliphatic rings. The van der Waals surface area contributed by atoms with Gasteiger partial charge in [-0.2, -0.15) is 5.48 Å². The Balaban J connectivity index is 1.84. The summed E-state index contributed by atoms with van der Waals surface area (Å²) in [7, 11) is 3.41. The van der Waals surface area contributed by atoms with Gasteiger partial charge >= 0.3 is 12.2 Å². The maximum Gasteiger partial charge on any atom is 0.431 e. The van der Waals surface area contributed by atoms with Crippen molar-refractivity contribution in [3.63, 3.8) is 0 Å². The van der Waals surface area contributed by atoms with Crippen LogP contribution in [-0.2, 0) is 40.0 Å². The van der Waals surface area contributed by atoms with Crippen LogP contribution in [0, 0.1) is 10.8 Å². The second-order valence-corrected chi connectivity index (χ2v) is 14.0. The predicted octanol–water partition coefficient (Wildman–Crippen LogP) is 3.04. The van der Waals surface area contributed by atoms with Crippen LogP contribution in [0.4, 0.5) is 15.3 Å². The number of carbonyl (C=O) groups is 5. The van der Waals surface area contributed by atoms with Gasteiger partial charge in [0, 0.05) is 70.9 Å². The van der Waals surface area contributed by atoms with Crippen molar-refractivity contribution in [2.75, 3.05) is 85.1 Å². The molecule has 1 atom stereocenters. The highest BCUT2D eigenvalue weighted by Gasteiger charge is 2.37. The molecule has 0 bridgehead atoms. The lowest BCUT2D eigenvalue weighted by atomic mass is 9.72. The number of hydrogen-bond acceptors (Lipinski definition) is 11. The number of rotatable bonds is 19. The van der Waals surface area contributed by atoms with Crippen molar-refractivity contribution in [3.05, 3.63) is 29.8 Å². The van der Waals surface area contributed by atoms with Crippen molar-refractivity contribution in [2.24, 2.45) is 10.8 Å². The third kappa shape index (κ3) is 15.3. The summed E-state index contributed by atoms with van der Waals surface area (Å²) >= 11 is 0. The Morgan fingerprint density at radius 1 is 1.00 bits per heavy atom. The topological polar surface area (TPSA) is 168 Å². The average molecular weight is 707 g/mol. The molecule has 0 spiro atoms. The monoisotopic (exact) mass is 706 g/mol. The predicted molar refractivity (Wildman–Crippen MR) is 188 cm³/mol. The van der Waals surface area contributed by atoms with Crippen LogP contribution < -0.4 is 16.1 Å². The first-order chi connectivity index (χ1) is 23.5. The van der Waals surface area contributed by atoms with E-state index in [9.17, 15) is 24.0 Å². The molecule has 0 aromatic heterocycles. The first kappa shape index (κ1) is 42.2. The first-order valence-electron chi connectivity index (χ1n) is 17.1. The van der Waals surface area contributed by atoms with Gasteiger partial charge in [0.1, 0.15) is 6.61 Å². The Kier molecular flexibility index (Phi) is 17.4. The Labute approximate surface area is 296 Å². The largest absolute Gasteiger partial charge is 0.445 e. The lowest BCUT2D eigenvalue weighted by Gasteiger charge is -2.35. The molecule has 1 heterocycles. The van der Waals surface area contributed by atoms with Gasteiger partial charge in [-0.25, -0.2) is 9.59 Å². The zero-order valence-corrected chi connectivity index (χ0v) is 31.1. The molecular formula is C35H58N6O9. The summed E-state index contributed by atoms with van der Waals surface area (Å²) < 4.78 is 16.7. The number of benzene rings is 1. The molecule has 282 valence electrons. The smallest absolute Gasteiger partial charge is 0.431 e. The molecule has 1 fully saturated rings. The molecule has 4 amide bonds. The number of nitrogens with zero attached hydrogens (tertiary/aromatic N) is 3. The molecule has 1 aliphatic heterocycles. The van der Waals surface area contributed by atoms with Gasteiger partial charge in [-0.05, 0) is 43.4 Å². The number of likely N-dealkylation sites (N-methyl/N-ethyl adjacent to an activating group) is 1. The minimum absolute atomic E-state index is 0.0270. The number of anilines is 1. The molecule has 50 heavy (non-hydrogen) atoms. The molecule has 1 aromatic carbocycles. The van der Waals surface area contributed by atoms with E-state index in [-0.39, 0.29) is 51.0 Å². The van der Waals surface area contributed by atoms with Gasteiger partial charge in [-0.1, -0.05) is 39.8 Å². The molecule has 3 N–H and O–H groups in total. The fourth-order valence-electron chi connectivity index (χ4n) is 5.52. The Morgan fingerprint density at radius 2 is 1.66 bits per heavy atom. The Morgan fingerprint density at radius 3 is 2.28 bits per heavy atom. The summed E-state index contributed by atoms with van der Waals surface area (Å²) in [6, 6.07) is 6.96.